The zero-order valence-corrected chi connectivity index (χ0v) is 15.3. The second-order valence-electron chi connectivity index (χ2n) is 5.02. The van der Waals surface area contributed by atoms with Crippen LogP contribution in [-0.4, -0.2) is 27.1 Å². The standard InChI is InChI=1S/C17H15Cl2N3OS/c1-22-16(12-2-4-13(18)5-3-12)20-21-17(22)24-11-10-23-15-8-6-14(19)7-9-15/h2-9H,10-11H2,1H3. The van der Waals surface area contributed by atoms with Crippen LogP contribution in [0, 0.1) is 0 Å². The van der Waals surface area contributed by atoms with E-state index in [0.29, 0.717) is 16.7 Å². The zero-order chi connectivity index (χ0) is 16.9. The second kappa shape index (κ2) is 7.92. The van der Waals surface area contributed by atoms with Gasteiger partial charge < -0.3 is 9.30 Å². The van der Waals surface area contributed by atoms with Crippen molar-refractivity contribution in [3.8, 4) is 17.1 Å². The molecule has 0 radical (unpaired) electrons. The Kier molecular flexibility index (Phi) is 5.66. The van der Waals surface area contributed by atoms with E-state index in [-0.39, 0.29) is 0 Å². The number of benzene rings is 2. The van der Waals surface area contributed by atoms with Crippen LogP contribution < -0.4 is 4.74 Å². The number of hydrogen-bond donors (Lipinski definition) is 0. The van der Waals surface area contributed by atoms with E-state index in [1.54, 1.807) is 11.8 Å². The fraction of sp³-hybridized carbons (Fsp3) is 0.176. The third kappa shape index (κ3) is 4.23. The van der Waals surface area contributed by atoms with E-state index in [4.69, 9.17) is 27.9 Å². The maximum Gasteiger partial charge on any atom is 0.191 e. The Bertz CT molecular complexity index is 804. The molecular formula is C17H15Cl2N3OS. The van der Waals surface area contributed by atoms with Gasteiger partial charge in [-0.15, -0.1) is 10.2 Å². The van der Waals surface area contributed by atoms with Crippen molar-refractivity contribution in [1.29, 1.82) is 0 Å². The van der Waals surface area contributed by atoms with E-state index in [1.165, 1.54) is 0 Å². The van der Waals surface area contributed by atoms with Gasteiger partial charge in [0.2, 0.25) is 0 Å². The summed E-state index contributed by atoms with van der Waals surface area (Å²) >= 11 is 13.4. The summed E-state index contributed by atoms with van der Waals surface area (Å²) in [6.45, 7) is 0.579. The first-order valence-electron chi connectivity index (χ1n) is 7.30. The molecule has 0 aliphatic heterocycles. The van der Waals surface area contributed by atoms with Crippen molar-refractivity contribution in [2.45, 2.75) is 5.16 Å². The number of aromatic nitrogens is 3. The van der Waals surface area contributed by atoms with E-state index < -0.39 is 0 Å². The van der Waals surface area contributed by atoms with E-state index in [1.807, 2.05) is 60.1 Å². The van der Waals surface area contributed by atoms with E-state index in [0.717, 1.165) is 28.0 Å². The number of nitrogens with zero attached hydrogens (tertiary/aromatic N) is 3. The molecule has 0 saturated heterocycles. The minimum Gasteiger partial charge on any atom is -0.493 e. The predicted molar refractivity (Wildman–Crippen MR) is 99.1 cm³/mol. The molecule has 1 heterocycles. The Hall–Kier alpha value is -1.69. The summed E-state index contributed by atoms with van der Waals surface area (Å²) in [6.07, 6.45) is 0. The Balaban J connectivity index is 1.56. The summed E-state index contributed by atoms with van der Waals surface area (Å²) in [7, 11) is 1.95. The monoisotopic (exact) mass is 379 g/mol. The highest BCUT2D eigenvalue weighted by Crippen LogP contribution is 2.24. The molecule has 0 aliphatic carbocycles. The molecule has 2 aromatic carbocycles. The van der Waals surface area contributed by atoms with Crippen molar-refractivity contribution < 1.29 is 4.74 Å². The van der Waals surface area contributed by atoms with E-state index >= 15 is 0 Å². The van der Waals surface area contributed by atoms with Crippen molar-refractivity contribution in [3.63, 3.8) is 0 Å². The highest BCUT2D eigenvalue weighted by molar-refractivity contribution is 7.99. The summed E-state index contributed by atoms with van der Waals surface area (Å²) in [5, 5.41) is 10.7. The van der Waals surface area contributed by atoms with Crippen LogP contribution in [0.3, 0.4) is 0 Å². The van der Waals surface area contributed by atoms with Crippen LogP contribution >= 0.6 is 35.0 Å². The molecule has 0 unspecified atom stereocenters. The van der Waals surface area contributed by atoms with Gasteiger partial charge in [0.1, 0.15) is 5.75 Å². The molecular weight excluding hydrogens is 365 g/mol. The number of thioether (sulfide) groups is 1. The van der Waals surface area contributed by atoms with Crippen molar-refractivity contribution in [1.82, 2.24) is 14.8 Å². The van der Waals surface area contributed by atoms with Gasteiger partial charge in [-0.25, -0.2) is 0 Å². The summed E-state index contributed by atoms with van der Waals surface area (Å²) in [5.74, 6) is 2.39. The van der Waals surface area contributed by atoms with Crippen molar-refractivity contribution in [2.24, 2.45) is 7.05 Å². The minimum atomic E-state index is 0.579. The number of ether oxygens (including phenoxy) is 1. The van der Waals surface area contributed by atoms with Gasteiger partial charge in [0.05, 0.1) is 6.61 Å². The Labute approximate surface area is 154 Å². The van der Waals surface area contributed by atoms with Crippen LogP contribution in [0.4, 0.5) is 0 Å². The molecule has 7 heteroatoms. The molecule has 0 bridgehead atoms. The molecule has 0 fully saturated rings. The largest absolute Gasteiger partial charge is 0.493 e. The average molecular weight is 380 g/mol. The summed E-state index contributed by atoms with van der Waals surface area (Å²) in [6, 6.07) is 14.9. The van der Waals surface area contributed by atoms with Crippen LogP contribution in [0.1, 0.15) is 0 Å². The van der Waals surface area contributed by atoms with Crippen molar-refractivity contribution in [3.05, 3.63) is 58.6 Å². The van der Waals surface area contributed by atoms with Gasteiger partial charge in [-0.1, -0.05) is 35.0 Å². The molecule has 3 aromatic rings. The topological polar surface area (TPSA) is 39.9 Å². The minimum absolute atomic E-state index is 0.579. The maximum absolute atomic E-state index is 5.92. The second-order valence-corrected chi connectivity index (χ2v) is 6.96. The van der Waals surface area contributed by atoms with Crippen LogP contribution in [0.15, 0.2) is 53.7 Å². The molecule has 0 spiro atoms. The molecule has 0 N–H and O–H groups in total. The first-order chi connectivity index (χ1) is 11.6. The SMILES string of the molecule is Cn1c(SCCOc2ccc(Cl)cc2)nnc1-c1ccc(Cl)cc1. The predicted octanol–water partition coefficient (Wildman–Crippen LogP) is 4.96. The molecule has 0 amide bonds. The highest BCUT2D eigenvalue weighted by atomic mass is 35.5. The van der Waals surface area contributed by atoms with E-state index in [9.17, 15) is 0 Å². The fourth-order valence-corrected chi connectivity index (χ4v) is 3.09. The Morgan fingerprint density at radius 2 is 1.58 bits per heavy atom. The molecule has 0 aliphatic rings. The van der Waals surface area contributed by atoms with Gasteiger partial charge in [-0.3, -0.25) is 0 Å². The third-order valence-corrected chi connectivity index (χ3v) is 4.82. The quantitative estimate of drug-likeness (QED) is 0.448. The van der Waals surface area contributed by atoms with Crippen LogP contribution in [0.25, 0.3) is 11.4 Å². The lowest BCUT2D eigenvalue weighted by Crippen LogP contribution is -2.02. The third-order valence-electron chi connectivity index (χ3n) is 3.33. The number of hydrogen-bond acceptors (Lipinski definition) is 4. The van der Waals surface area contributed by atoms with Crippen molar-refractivity contribution in [2.75, 3.05) is 12.4 Å². The van der Waals surface area contributed by atoms with Crippen LogP contribution in [0.2, 0.25) is 10.0 Å². The lowest BCUT2D eigenvalue weighted by Gasteiger charge is -2.06. The molecule has 4 nitrogen and oxygen atoms in total. The van der Waals surface area contributed by atoms with Gasteiger partial charge >= 0.3 is 0 Å². The van der Waals surface area contributed by atoms with Gasteiger partial charge in [0.25, 0.3) is 0 Å². The van der Waals surface area contributed by atoms with Crippen LogP contribution in [-0.2, 0) is 7.05 Å². The lowest BCUT2D eigenvalue weighted by molar-refractivity contribution is 0.344. The summed E-state index contributed by atoms with van der Waals surface area (Å²) < 4.78 is 7.64. The van der Waals surface area contributed by atoms with Gasteiger partial charge in [0, 0.05) is 28.4 Å². The van der Waals surface area contributed by atoms with Gasteiger partial charge in [-0.05, 0) is 48.5 Å². The lowest BCUT2D eigenvalue weighted by atomic mass is 10.2. The average Bonchev–Trinajstić information content (AvgIpc) is 2.95. The molecule has 3 rings (SSSR count). The zero-order valence-electron chi connectivity index (χ0n) is 12.9. The smallest absolute Gasteiger partial charge is 0.191 e. The summed E-state index contributed by atoms with van der Waals surface area (Å²) in [5.41, 5.74) is 0.985. The molecule has 24 heavy (non-hydrogen) atoms. The normalized spacial score (nSPS) is 10.8. The summed E-state index contributed by atoms with van der Waals surface area (Å²) in [4.78, 5) is 0. The first kappa shape index (κ1) is 17.1. The first-order valence-corrected chi connectivity index (χ1v) is 9.04. The van der Waals surface area contributed by atoms with Gasteiger partial charge in [-0.2, -0.15) is 0 Å². The molecule has 0 atom stereocenters. The molecule has 124 valence electrons. The fourth-order valence-electron chi connectivity index (χ4n) is 2.11. The van der Waals surface area contributed by atoms with Gasteiger partial charge in [0.15, 0.2) is 11.0 Å². The maximum atomic E-state index is 5.92. The Morgan fingerprint density at radius 3 is 2.25 bits per heavy atom. The van der Waals surface area contributed by atoms with E-state index in [2.05, 4.69) is 10.2 Å². The molecule has 0 saturated carbocycles. The highest BCUT2D eigenvalue weighted by Gasteiger charge is 2.11. The van der Waals surface area contributed by atoms with Crippen molar-refractivity contribution >= 4 is 35.0 Å². The number of rotatable bonds is 6. The Morgan fingerprint density at radius 1 is 0.958 bits per heavy atom. The number of halogens is 2. The van der Waals surface area contributed by atoms with Crippen LogP contribution in [0.5, 0.6) is 5.75 Å². The molecule has 1 aromatic heterocycles.